The summed E-state index contributed by atoms with van der Waals surface area (Å²) < 4.78 is 1.49. The molecule has 0 fully saturated rings. The molecule has 1 aromatic carbocycles. The molecule has 0 amide bonds. The average Bonchev–Trinajstić information content (AvgIpc) is 2.75. The van der Waals surface area contributed by atoms with Gasteiger partial charge in [-0.05, 0) is 38.0 Å². The van der Waals surface area contributed by atoms with Crippen molar-refractivity contribution in [2.45, 2.75) is 33.6 Å². The van der Waals surface area contributed by atoms with Crippen molar-refractivity contribution < 1.29 is 4.79 Å². The summed E-state index contributed by atoms with van der Waals surface area (Å²) in [7, 11) is 0. The van der Waals surface area contributed by atoms with Gasteiger partial charge in [0.1, 0.15) is 0 Å². The third-order valence-electron chi connectivity index (χ3n) is 3.48. The van der Waals surface area contributed by atoms with Gasteiger partial charge in [0.15, 0.2) is 0 Å². The molecule has 0 atom stereocenters. The highest BCUT2D eigenvalue weighted by molar-refractivity contribution is 6.33. The highest BCUT2D eigenvalue weighted by Gasteiger charge is 2.15. The summed E-state index contributed by atoms with van der Waals surface area (Å²) in [6, 6.07) is 7.37. The minimum absolute atomic E-state index is 0.0853. The van der Waals surface area contributed by atoms with Crippen molar-refractivity contribution in [3.05, 3.63) is 46.2 Å². The molecule has 0 radical (unpaired) electrons. The van der Waals surface area contributed by atoms with Crippen molar-refractivity contribution in [1.82, 2.24) is 9.78 Å². The highest BCUT2D eigenvalue weighted by Crippen LogP contribution is 2.20. The van der Waals surface area contributed by atoms with E-state index in [1.54, 1.807) is 6.07 Å². The summed E-state index contributed by atoms with van der Waals surface area (Å²) in [6.45, 7) is 6.18. The Morgan fingerprint density at radius 1 is 1.33 bits per heavy atom. The van der Waals surface area contributed by atoms with Gasteiger partial charge in [-0.25, -0.2) is 4.68 Å². The lowest BCUT2D eigenvalue weighted by Crippen LogP contribution is -2.23. The topological polar surface area (TPSA) is 46.9 Å². The predicted molar refractivity (Wildman–Crippen MR) is 86.3 cm³/mol. The number of nitrogens with one attached hydrogen (secondary N) is 1. The van der Waals surface area contributed by atoms with Crippen LogP contribution in [0, 0.1) is 13.8 Å². The van der Waals surface area contributed by atoms with Crippen LogP contribution in [-0.2, 0) is 6.42 Å². The summed E-state index contributed by atoms with van der Waals surface area (Å²) in [5, 5.41) is 8.02. The second-order valence-electron chi connectivity index (χ2n) is 5.04. The van der Waals surface area contributed by atoms with Gasteiger partial charge in [0, 0.05) is 5.69 Å². The highest BCUT2D eigenvalue weighted by atomic mass is 35.5. The monoisotopic (exact) mass is 305 g/mol. The Bertz CT molecular complexity index is 649. The molecule has 0 aliphatic carbocycles. The Morgan fingerprint density at radius 3 is 2.71 bits per heavy atom. The summed E-state index contributed by atoms with van der Waals surface area (Å²) in [5.41, 5.74) is 3.78. The van der Waals surface area contributed by atoms with Crippen LogP contribution in [0.15, 0.2) is 24.3 Å². The van der Waals surface area contributed by atoms with Crippen LogP contribution in [0.1, 0.15) is 35.1 Å². The number of nitrogens with zero attached hydrogens (tertiary/aromatic N) is 2. The largest absolute Gasteiger partial charge is 0.375 e. The number of aromatic nitrogens is 2. The molecule has 1 aromatic heterocycles. The third-order valence-corrected chi connectivity index (χ3v) is 3.81. The number of halogens is 1. The van der Waals surface area contributed by atoms with Gasteiger partial charge >= 0.3 is 0 Å². The Kier molecular flexibility index (Phi) is 5.02. The van der Waals surface area contributed by atoms with Crippen LogP contribution in [-0.4, -0.2) is 22.2 Å². The molecule has 0 aliphatic heterocycles. The number of carbonyl (C=O) groups excluding carboxylic acids is 1. The van der Waals surface area contributed by atoms with Gasteiger partial charge in [0.05, 0.1) is 22.9 Å². The number of hydrogen-bond acceptors (Lipinski definition) is 3. The van der Waals surface area contributed by atoms with Crippen LogP contribution < -0.4 is 5.32 Å². The molecule has 0 bridgehead atoms. The van der Waals surface area contributed by atoms with Crippen molar-refractivity contribution in [3.63, 3.8) is 0 Å². The Hall–Kier alpha value is -1.81. The number of hydrogen-bond donors (Lipinski definition) is 1. The molecule has 1 N–H and O–H groups in total. The normalized spacial score (nSPS) is 10.7. The number of carbonyl (C=O) groups is 1. The standard InChI is InChI=1S/C16H20ClN3O/c1-4-7-13-11(2)19-20(12(13)3)16(21)10-18-15-9-6-5-8-14(15)17/h5-6,8-9,18H,4,7,10H2,1-3H3. The van der Waals surface area contributed by atoms with Crippen molar-refractivity contribution in [3.8, 4) is 0 Å². The second kappa shape index (κ2) is 6.76. The van der Waals surface area contributed by atoms with Crippen LogP contribution >= 0.6 is 11.6 Å². The quantitative estimate of drug-likeness (QED) is 0.912. The van der Waals surface area contributed by atoms with Gasteiger partial charge in [-0.3, -0.25) is 4.79 Å². The van der Waals surface area contributed by atoms with E-state index < -0.39 is 0 Å². The zero-order valence-corrected chi connectivity index (χ0v) is 13.4. The van der Waals surface area contributed by atoms with E-state index in [1.165, 1.54) is 10.2 Å². The number of para-hydroxylation sites is 1. The van der Waals surface area contributed by atoms with E-state index >= 15 is 0 Å². The Balaban J connectivity index is 2.11. The molecule has 4 nitrogen and oxygen atoms in total. The first-order valence-electron chi connectivity index (χ1n) is 7.11. The van der Waals surface area contributed by atoms with E-state index in [0.717, 1.165) is 29.9 Å². The van der Waals surface area contributed by atoms with Crippen LogP contribution in [0.25, 0.3) is 0 Å². The smallest absolute Gasteiger partial charge is 0.266 e. The molecule has 0 aliphatic rings. The van der Waals surface area contributed by atoms with E-state index in [0.29, 0.717) is 5.02 Å². The number of anilines is 1. The van der Waals surface area contributed by atoms with E-state index in [4.69, 9.17) is 11.6 Å². The van der Waals surface area contributed by atoms with Crippen molar-refractivity contribution in [2.24, 2.45) is 0 Å². The first-order chi connectivity index (χ1) is 10.0. The summed E-state index contributed by atoms with van der Waals surface area (Å²) in [4.78, 5) is 12.3. The van der Waals surface area contributed by atoms with Gasteiger partial charge < -0.3 is 5.32 Å². The number of benzene rings is 1. The fourth-order valence-corrected chi connectivity index (χ4v) is 2.58. The number of rotatable bonds is 5. The molecule has 112 valence electrons. The average molecular weight is 306 g/mol. The molecular weight excluding hydrogens is 286 g/mol. The van der Waals surface area contributed by atoms with Crippen molar-refractivity contribution >= 4 is 23.2 Å². The lowest BCUT2D eigenvalue weighted by Gasteiger charge is -2.08. The zero-order chi connectivity index (χ0) is 15.4. The summed E-state index contributed by atoms with van der Waals surface area (Å²) in [6.07, 6.45) is 1.99. The fraction of sp³-hybridized carbons (Fsp3) is 0.375. The predicted octanol–water partition coefficient (Wildman–Crippen LogP) is 3.86. The molecule has 0 saturated heterocycles. The van der Waals surface area contributed by atoms with Crippen LogP contribution in [0.4, 0.5) is 5.69 Å². The van der Waals surface area contributed by atoms with E-state index in [-0.39, 0.29) is 12.5 Å². The minimum atomic E-state index is -0.0853. The van der Waals surface area contributed by atoms with E-state index in [2.05, 4.69) is 17.3 Å². The number of aryl methyl sites for hydroxylation is 1. The van der Waals surface area contributed by atoms with Gasteiger partial charge in [0.25, 0.3) is 5.91 Å². The Morgan fingerprint density at radius 2 is 2.05 bits per heavy atom. The van der Waals surface area contributed by atoms with Crippen molar-refractivity contribution in [2.75, 3.05) is 11.9 Å². The second-order valence-corrected chi connectivity index (χ2v) is 5.45. The van der Waals surface area contributed by atoms with Gasteiger partial charge in [-0.1, -0.05) is 37.1 Å². The van der Waals surface area contributed by atoms with Crippen molar-refractivity contribution in [1.29, 1.82) is 0 Å². The van der Waals surface area contributed by atoms with E-state index in [9.17, 15) is 4.79 Å². The van der Waals surface area contributed by atoms with Crippen LogP contribution in [0.3, 0.4) is 0 Å². The minimum Gasteiger partial charge on any atom is -0.375 e. The van der Waals surface area contributed by atoms with Gasteiger partial charge in [0.2, 0.25) is 0 Å². The third kappa shape index (κ3) is 3.45. The van der Waals surface area contributed by atoms with Crippen LogP contribution in [0.5, 0.6) is 0 Å². The maximum Gasteiger partial charge on any atom is 0.266 e. The first-order valence-corrected chi connectivity index (χ1v) is 7.49. The maximum absolute atomic E-state index is 12.3. The van der Waals surface area contributed by atoms with Gasteiger partial charge in [-0.15, -0.1) is 0 Å². The molecule has 21 heavy (non-hydrogen) atoms. The SMILES string of the molecule is CCCc1c(C)nn(C(=O)CNc2ccccc2Cl)c1C. The zero-order valence-electron chi connectivity index (χ0n) is 12.6. The van der Waals surface area contributed by atoms with Crippen LogP contribution in [0.2, 0.25) is 5.02 Å². The molecular formula is C16H20ClN3O. The molecule has 5 heteroatoms. The summed E-state index contributed by atoms with van der Waals surface area (Å²) >= 11 is 6.06. The van der Waals surface area contributed by atoms with Gasteiger partial charge in [-0.2, -0.15) is 5.10 Å². The molecule has 2 aromatic rings. The molecule has 1 heterocycles. The molecule has 0 unspecified atom stereocenters. The lowest BCUT2D eigenvalue weighted by atomic mass is 10.1. The maximum atomic E-state index is 12.3. The molecule has 2 rings (SSSR count). The molecule has 0 spiro atoms. The van der Waals surface area contributed by atoms with E-state index in [1.807, 2.05) is 32.0 Å². The fourth-order valence-electron chi connectivity index (χ4n) is 2.38. The lowest BCUT2D eigenvalue weighted by molar-refractivity contribution is 0.0910. The Labute approximate surface area is 130 Å². The first kappa shape index (κ1) is 15.6. The molecule has 0 saturated carbocycles. The summed E-state index contributed by atoms with van der Waals surface area (Å²) in [5.74, 6) is -0.0853.